The Kier molecular flexibility index (Phi) is 3.73. The maximum atomic E-state index is 10.8. The van der Waals surface area contributed by atoms with E-state index in [9.17, 15) is 5.11 Å². The largest absolute Gasteiger partial charge is 0.399 e. The molecule has 22 heavy (non-hydrogen) atoms. The predicted octanol–water partition coefficient (Wildman–Crippen LogP) is 3.57. The van der Waals surface area contributed by atoms with E-state index >= 15 is 0 Å². The molecule has 0 amide bonds. The fourth-order valence-electron chi connectivity index (χ4n) is 2.84. The summed E-state index contributed by atoms with van der Waals surface area (Å²) in [5, 5.41) is 13.0. The molecule has 3 aromatic rings. The highest BCUT2D eigenvalue weighted by Gasteiger charge is 2.15. The number of rotatable bonds is 3. The number of fused-ring (bicyclic) bond motifs is 1. The Morgan fingerprint density at radius 2 is 1.64 bits per heavy atom. The zero-order chi connectivity index (χ0) is 15.7. The van der Waals surface area contributed by atoms with Crippen molar-refractivity contribution >= 4 is 22.1 Å². The van der Waals surface area contributed by atoms with Crippen molar-refractivity contribution in [2.45, 2.75) is 6.10 Å². The van der Waals surface area contributed by atoms with Gasteiger partial charge in [0.05, 0.1) is 0 Å². The Morgan fingerprint density at radius 1 is 0.909 bits per heavy atom. The zero-order valence-electron chi connectivity index (χ0n) is 12.8. The Hall–Kier alpha value is -2.52. The quantitative estimate of drug-likeness (QED) is 0.726. The number of anilines is 2. The highest BCUT2D eigenvalue weighted by Crippen LogP contribution is 2.34. The third-order valence-electron chi connectivity index (χ3n) is 3.94. The molecule has 0 aliphatic heterocycles. The zero-order valence-corrected chi connectivity index (χ0v) is 12.8. The van der Waals surface area contributed by atoms with Gasteiger partial charge in [0.25, 0.3) is 0 Å². The molecule has 112 valence electrons. The lowest BCUT2D eigenvalue weighted by atomic mass is 9.94. The first-order valence-corrected chi connectivity index (χ1v) is 7.30. The maximum Gasteiger partial charge on any atom is 0.105 e. The molecule has 3 aromatic carbocycles. The Bertz CT molecular complexity index is 811. The summed E-state index contributed by atoms with van der Waals surface area (Å²) in [4.78, 5) is 2.08. The van der Waals surface area contributed by atoms with Gasteiger partial charge < -0.3 is 15.7 Å². The average Bonchev–Trinajstić information content (AvgIpc) is 2.53. The molecule has 3 N–H and O–H groups in total. The lowest BCUT2D eigenvalue weighted by Gasteiger charge is -2.20. The number of aliphatic hydroxyl groups is 1. The summed E-state index contributed by atoms with van der Waals surface area (Å²) in [6, 6.07) is 19.6. The molecule has 1 unspecified atom stereocenters. The molecule has 0 radical (unpaired) electrons. The van der Waals surface area contributed by atoms with E-state index in [1.54, 1.807) is 0 Å². The van der Waals surface area contributed by atoms with Gasteiger partial charge in [0.1, 0.15) is 6.10 Å². The molecule has 0 bridgehead atoms. The minimum Gasteiger partial charge on any atom is -0.399 e. The van der Waals surface area contributed by atoms with E-state index < -0.39 is 6.10 Å². The molecule has 0 fully saturated rings. The summed E-state index contributed by atoms with van der Waals surface area (Å²) in [7, 11) is 4.05. The molecule has 3 nitrogen and oxygen atoms in total. The number of hydrogen-bond acceptors (Lipinski definition) is 3. The SMILES string of the molecule is CN(C)c1ccc(C(O)c2cccc(N)c2)c2ccccc12. The van der Waals surface area contributed by atoms with Crippen LogP contribution in [0.4, 0.5) is 11.4 Å². The van der Waals surface area contributed by atoms with Crippen LogP contribution in [0.15, 0.2) is 60.7 Å². The Morgan fingerprint density at radius 3 is 2.32 bits per heavy atom. The van der Waals surface area contributed by atoms with Crippen molar-refractivity contribution in [2.75, 3.05) is 24.7 Å². The fourth-order valence-corrected chi connectivity index (χ4v) is 2.84. The molecule has 0 aliphatic rings. The van der Waals surface area contributed by atoms with E-state index in [2.05, 4.69) is 11.0 Å². The van der Waals surface area contributed by atoms with Crippen molar-refractivity contribution in [2.24, 2.45) is 0 Å². The second-order valence-corrected chi connectivity index (χ2v) is 5.69. The van der Waals surface area contributed by atoms with Gasteiger partial charge in [-0.1, -0.05) is 42.5 Å². The van der Waals surface area contributed by atoms with Crippen LogP contribution in [0.1, 0.15) is 17.2 Å². The summed E-state index contributed by atoms with van der Waals surface area (Å²) < 4.78 is 0. The first-order valence-electron chi connectivity index (χ1n) is 7.30. The van der Waals surface area contributed by atoms with E-state index in [4.69, 9.17) is 5.73 Å². The number of benzene rings is 3. The third-order valence-corrected chi connectivity index (χ3v) is 3.94. The van der Waals surface area contributed by atoms with Crippen LogP contribution in [-0.2, 0) is 0 Å². The summed E-state index contributed by atoms with van der Waals surface area (Å²) in [5.41, 5.74) is 9.33. The van der Waals surface area contributed by atoms with E-state index in [-0.39, 0.29) is 0 Å². The standard InChI is InChI=1S/C19H20N2O/c1-21(2)18-11-10-17(15-8-3-4-9-16(15)18)19(22)13-6-5-7-14(20)12-13/h3-12,19,22H,20H2,1-2H3. The van der Waals surface area contributed by atoms with Crippen LogP contribution in [-0.4, -0.2) is 19.2 Å². The molecule has 3 heteroatoms. The topological polar surface area (TPSA) is 49.5 Å². The lowest BCUT2D eigenvalue weighted by Crippen LogP contribution is -2.10. The summed E-state index contributed by atoms with van der Waals surface area (Å²) in [5.74, 6) is 0. The minimum atomic E-state index is -0.690. The molecular weight excluding hydrogens is 272 g/mol. The molecule has 1 atom stereocenters. The first kappa shape index (κ1) is 14.4. The fraction of sp³-hybridized carbons (Fsp3) is 0.158. The van der Waals surface area contributed by atoms with E-state index in [1.807, 2.05) is 68.7 Å². The normalized spacial score (nSPS) is 12.3. The highest BCUT2D eigenvalue weighted by atomic mass is 16.3. The van der Waals surface area contributed by atoms with Gasteiger partial charge >= 0.3 is 0 Å². The van der Waals surface area contributed by atoms with Gasteiger partial charge in [-0.05, 0) is 34.7 Å². The predicted molar refractivity (Wildman–Crippen MR) is 93.2 cm³/mol. The number of nitrogens with zero attached hydrogens (tertiary/aromatic N) is 1. The van der Waals surface area contributed by atoms with E-state index in [1.165, 1.54) is 0 Å². The van der Waals surface area contributed by atoms with Crippen LogP contribution in [0.2, 0.25) is 0 Å². The van der Waals surface area contributed by atoms with Crippen molar-refractivity contribution in [3.05, 3.63) is 71.8 Å². The first-order chi connectivity index (χ1) is 10.6. The minimum absolute atomic E-state index is 0.658. The van der Waals surface area contributed by atoms with Gasteiger partial charge in [0.15, 0.2) is 0 Å². The number of nitrogen functional groups attached to an aromatic ring is 1. The van der Waals surface area contributed by atoms with Crippen molar-refractivity contribution in [3.8, 4) is 0 Å². The second-order valence-electron chi connectivity index (χ2n) is 5.69. The van der Waals surface area contributed by atoms with Crippen molar-refractivity contribution in [3.63, 3.8) is 0 Å². The molecule has 0 saturated heterocycles. The van der Waals surface area contributed by atoms with Crippen LogP contribution in [0.25, 0.3) is 10.8 Å². The van der Waals surface area contributed by atoms with E-state index in [0.717, 1.165) is 27.6 Å². The highest BCUT2D eigenvalue weighted by molar-refractivity contribution is 5.96. The number of nitrogens with two attached hydrogens (primary N) is 1. The van der Waals surface area contributed by atoms with Gasteiger partial charge in [-0.2, -0.15) is 0 Å². The monoisotopic (exact) mass is 292 g/mol. The molecule has 0 spiro atoms. The smallest absolute Gasteiger partial charge is 0.105 e. The van der Waals surface area contributed by atoms with Crippen LogP contribution in [0.5, 0.6) is 0 Å². The second kappa shape index (κ2) is 5.70. The third kappa shape index (κ3) is 2.51. The Labute approximate surface area is 130 Å². The lowest BCUT2D eigenvalue weighted by molar-refractivity contribution is 0.222. The van der Waals surface area contributed by atoms with Gasteiger partial charge in [-0.3, -0.25) is 0 Å². The van der Waals surface area contributed by atoms with Gasteiger partial charge in [0, 0.05) is 30.9 Å². The van der Waals surface area contributed by atoms with E-state index in [0.29, 0.717) is 5.69 Å². The van der Waals surface area contributed by atoms with Gasteiger partial charge in [0.2, 0.25) is 0 Å². The summed E-state index contributed by atoms with van der Waals surface area (Å²) >= 11 is 0. The van der Waals surface area contributed by atoms with Crippen molar-refractivity contribution < 1.29 is 5.11 Å². The van der Waals surface area contributed by atoms with Crippen molar-refractivity contribution in [1.29, 1.82) is 0 Å². The molecule has 0 saturated carbocycles. The van der Waals surface area contributed by atoms with Crippen LogP contribution >= 0.6 is 0 Å². The van der Waals surface area contributed by atoms with Crippen LogP contribution in [0.3, 0.4) is 0 Å². The molecular formula is C19H20N2O. The molecule has 0 aliphatic carbocycles. The van der Waals surface area contributed by atoms with Crippen molar-refractivity contribution in [1.82, 2.24) is 0 Å². The van der Waals surface area contributed by atoms with Gasteiger partial charge in [-0.25, -0.2) is 0 Å². The van der Waals surface area contributed by atoms with Crippen LogP contribution in [0, 0.1) is 0 Å². The van der Waals surface area contributed by atoms with Gasteiger partial charge in [-0.15, -0.1) is 0 Å². The molecule has 0 heterocycles. The number of aliphatic hydroxyl groups excluding tert-OH is 1. The molecule has 3 rings (SSSR count). The number of hydrogen-bond donors (Lipinski definition) is 2. The average molecular weight is 292 g/mol. The maximum absolute atomic E-state index is 10.8. The Balaban J connectivity index is 2.17. The summed E-state index contributed by atoms with van der Waals surface area (Å²) in [6.45, 7) is 0. The molecule has 0 aromatic heterocycles. The van der Waals surface area contributed by atoms with Crippen LogP contribution < -0.4 is 10.6 Å². The summed E-state index contributed by atoms with van der Waals surface area (Å²) in [6.07, 6.45) is -0.690.